The Hall–Kier alpha value is -1.91. The van der Waals surface area contributed by atoms with Crippen LogP contribution in [0.3, 0.4) is 0 Å². The van der Waals surface area contributed by atoms with Crippen molar-refractivity contribution < 1.29 is 14.0 Å². The molecule has 0 saturated carbocycles. The number of nitrogens with zero attached hydrogens (tertiary/aromatic N) is 1. The van der Waals surface area contributed by atoms with E-state index in [1.54, 1.807) is 26.0 Å². The lowest BCUT2D eigenvalue weighted by atomic mass is 10.1. The molecule has 2 amide bonds. The zero-order valence-electron chi connectivity index (χ0n) is 12.9. The second-order valence-corrected chi connectivity index (χ2v) is 4.97. The van der Waals surface area contributed by atoms with E-state index in [-0.39, 0.29) is 17.6 Å². The number of rotatable bonds is 7. The van der Waals surface area contributed by atoms with E-state index in [2.05, 4.69) is 5.32 Å². The first-order chi connectivity index (χ1) is 9.99. The van der Waals surface area contributed by atoms with E-state index >= 15 is 0 Å². The summed E-state index contributed by atoms with van der Waals surface area (Å²) in [7, 11) is 0. The van der Waals surface area contributed by atoms with Gasteiger partial charge in [-0.2, -0.15) is 0 Å². The minimum Gasteiger partial charge on any atom is -0.354 e. The molecular formula is C16H23FN2O2. The maximum Gasteiger partial charge on any atom is 0.242 e. The highest BCUT2D eigenvalue weighted by Crippen LogP contribution is 2.11. The Labute approximate surface area is 125 Å². The van der Waals surface area contributed by atoms with E-state index < -0.39 is 6.04 Å². The average Bonchev–Trinajstić information content (AvgIpc) is 2.50. The average molecular weight is 294 g/mol. The van der Waals surface area contributed by atoms with Crippen molar-refractivity contribution in [1.82, 2.24) is 10.2 Å². The fraction of sp³-hybridized carbons (Fsp3) is 0.500. The van der Waals surface area contributed by atoms with Gasteiger partial charge in [0.1, 0.15) is 11.9 Å². The Morgan fingerprint density at radius 2 is 1.86 bits per heavy atom. The highest BCUT2D eigenvalue weighted by atomic mass is 19.1. The Kier molecular flexibility index (Phi) is 6.85. The maximum absolute atomic E-state index is 12.9. The molecule has 0 heterocycles. The molecule has 1 aromatic rings. The molecule has 1 atom stereocenters. The van der Waals surface area contributed by atoms with Gasteiger partial charge in [-0.3, -0.25) is 9.59 Å². The van der Waals surface area contributed by atoms with Crippen LogP contribution in [-0.4, -0.2) is 29.3 Å². The molecule has 0 aliphatic carbocycles. The molecular weight excluding hydrogens is 271 g/mol. The molecule has 0 aliphatic rings. The number of nitrogens with one attached hydrogen (secondary N) is 1. The molecule has 1 rings (SSSR count). The van der Waals surface area contributed by atoms with Crippen LogP contribution in [-0.2, 0) is 16.1 Å². The van der Waals surface area contributed by atoms with Gasteiger partial charge < -0.3 is 10.2 Å². The first kappa shape index (κ1) is 17.1. The van der Waals surface area contributed by atoms with E-state index in [4.69, 9.17) is 0 Å². The van der Waals surface area contributed by atoms with Gasteiger partial charge in [-0.15, -0.1) is 0 Å². The fourth-order valence-corrected chi connectivity index (χ4v) is 1.97. The van der Waals surface area contributed by atoms with Crippen LogP contribution >= 0.6 is 0 Å². The maximum atomic E-state index is 12.9. The van der Waals surface area contributed by atoms with Crippen LogP contribution in [0, 0.1) is 5.82 Å². The summed E-state index contributed by atoms with van der Waals surface area (Å²) in [6, 6.07) is 5.41. The zero-order chi connectivity index (χ0) is 15.8. The Morgan fingerprint density at radius 1 is 1.24 bits per heavy atom. The lowest BCUT2D eigenvalue weighted by molar-refractivity contribution is -0.140. The van der Waals surface area contributed by atoms with Crippen molar-refractivity contribution in [3.05, 3.63) is 35.6 Å². The van der Waals surface area contributed by atoms with Crippen molar-refractivity contribution in [2.75, 3.05) is 6.54 Å². The topological polar surface area (TPSA) is 49.4 Å². The summed E-state index contributed by atoms with van der Waals surface area (Å²) in [4.78, 5) is 25.6. The van der Waals surface area contributed by atoms with Crippen LogP contribution < -0.4 is 5.32 Å². The molecule has 0 fully saturated rings. The van der Waals surface area contributed by atoms with Crippen LogP contribution in [0.4, 0.5) is 4.39 Å². The number of benzene rings is 1. The summed E-state index contributed by atoms with van der Waals surface area (Å²) >= 11 is 0. The van der Waals surface area contributed by atoms with Crippen LogP contribution in [0.5, 0.6) is 0 Å². The monoisotopic (exact) mass is 294 g/mol. The molecule has 5 heteroatoms. The number of hydrogen-bond donors (Lipinski definition) is 1. The van der Waals surface area contributed by atoms with Crippen molar-refractivity contribution in [1.29, 1.82) is 0 Å². The summed E-state index contributed by atoms with van der Waals surface area (Å²) in [6.07, 6.45) is 1.17. The molecule has 116 valence electrons. The van der Waals surface area contributed by atoms with Crippen molar-refractivity contribution in [2.45, 2.75) is 46.2 Å². The molecule has 0 radical (unpaired) electrons. The smallest absolute Gasteiger partial charge is 0.242 e. The first-order valence-electron chi connectivity index (χ1n) is 7.31. The Bertz CT molecular complexity index is 474. The molecule has 4 nitrogen and oxygen atoms in total. The number of hydrogen-bond acceptors (Lipinski definition) is 2. The predicted octanol–water partition coefficient (Wildman–Crippen LogP) is 2.48. The van der Waals surface area contributed by atoms with Gasteiger partial charge >= 0.3 is 0 Å². The number of carbonyl (C=O) groups excluding carboxylic acids is 2. The normalized spacial score (nSPS) is 11.8. The van der Waals surface area contributed by atoms with Gasteiger partial charge in [-0.1, -0.05) is 26.0 Å². The molecule has 0 spiro atoms. The van der Waals surface area contributed by atoms with Gasteiger partial charge in [0.15, 0.2) is 0 Å². The third-order valence-corrected chi connectivity index (χ3v) is 3.29. The second kappa shape index (κ2) is 8.39. The summed E-state index contributed by atoms with van der Waals surface area (Å²) in [5.74, 6) is -0.583. The van der Waals surface area contributed by atoms with E-state index in [0.29, 0.717) is 19.5 Å². The molecule has 0 aliphatic heterocycles. The van der Waals surface area contributed by atoms with Crippen LogP contribution in [0.1, 0.15) is 39.2 Å². The molecule has 1 aromatic carbocycles. The summed E-state index contributed by atoms with van der Waals surface area (Å²) < 4.78 is 12.9. The van der Waals surface area contributed by atoms with E-state index in [0.717, 1.165) is 12.0 Å². The number of amides is 2. The van der Waals surface area contributed by atoms with Gasteiger partial charge in [0, 0.05) is 19.5 Å². The quantitative estimate of drug-likeness (QED) is 0.840. The molecule has 0 bridgehead atoms. The SMILES string of the molecule is CCCNC(=O)[C@@H](C)N(Cc1ccc(F)cc1)C(=O)CC. The van der Waals surface area contributed by atoms with Gasteiger partial charge in [0.25, 0.3) is 0 Å². The second-order valence-electron chi connectivity index (χ2n) is 4.97. The Balaban J connectivity index is 2.82. The zero-order valence-corrected chi connectivity index (χ0v) is 12.9. The highest BCUT2D eigenvalue weighted by Gasteiger charge is 2.24. The van der Waals surface area contributed by atoms with Gasteiger partial charge in [-0.05, 0) is 31.0 Å². The lowest BCUT2D eigenvalue weighted by Gasteiger charge is -2.28. The van der Waals surface area contributed by atoms with Crippen molar-refractivity contribution in [3.8, 4) is 0 Å². The molecule has 0 saturated heterocycles. The summed E-state index contributed by atoms with van der Waals surface area (Å²) in [6.45, 7) is 6.33. The van der Waals surface area contributed by atoms with Gasteiger partial charge in [-0.25, -0.2) is 4.39 Å². The van der Waals surface area contributed by atoms with Crippen molar-refractivity contribution >= 4 is 11.8 Å². The number of carbonyl (C=O) groups is 2. The third-order valence-electron chi connectivity index (χ3n) is 3.29. The van der Waals surface area contributed by atoms with Crippen molar-refractivity contribution in [3.63, 3.8) is 0 Å². The lowest BCUT2D eigenvalue weighted by Crippen LogP contribution is -2.47. The largest absolute Gasteiger partial charge is 0.354 e. The van der Waals surface area contributed by atoms with Gasteiger partial charge in [0.05, 0.1) is 0 Å². The van der Waals surface area contributed by atoms with Crippen LogP contribution in [0.25, 0.3) is 0 Å². The molecule has 0 unspecified atom stereocenters. The van der Waals surface area contributed by atoms with Crippen molar-refractivity contribution in [2.24, 2.45) is 0 Å². The first-order valence-corrected chi connectivity index (χ1v) is 7.31. The molecule has 0 aromatic heterocycles. The minimum absolute atomic E-state index is 0.0986. The minimum atomic E-state index is -0.547. The summed E-state index contributed by atoms with van der Waals surface area (Å²) in [5, 5.41) is 2.79. The predicted molar refractivity (Wildman–Crippen MR) is 80.0 cm³/mol. The third kappa shape index (κ3) is 5.17. The standard InChI is InChI=1S/C16H23FN2O2/c1-4-10-18-16(21)12(3)19(15(20)5-2)11-13-6-8-14(17)9-7-13/h6-9,12H,4-5,10-11H2,1-3H3,(H,18,21)/t12-/m1/s1. The van der Waals surface area contributed by atoms with E-state index in [1.165, 1.54) is 17.0 Å². The van der Waals surface area contributed by atoms with E-state index in [1.807, 2.05) is 6.92 Å². The molecule has 21 heavy (non-hydrogen) atoms. The fourth-order valence-electron chi connectivity index (χ4n) is 1.97. The highest BCUT2D eigenvalue weighted by molar-refractivity contribution is 5.87. The molecule has 1 N–H and O–H groups in total. The van der Waals surface area contributed by atoms with Crippen LogP contribution in [0.2, 0.25) is 0 Å². The number of halogens is 1. The Morgan fingerprint density at radius 3 is 2.38 bits per heavy atom. The van der Waals surface area contributed by atoms with Crippen LogP contribution in [0.15, 0.2) is 24.3 Å². The summed E-state index contributed by atoms with van der Waals surface area (Å²) in [5.41, 5.74) is 0.799. The van der Waals surface area contributed by atoms with Gasteiger partial charge in [0.2, 0.25) is 11.8 Å². The van der Waals surface area contributed by atoms with E-state index in [9.17, 15) is 14.0 Å².